The van der Waals surface area contributed by atoms with Gasteiger partial charge in [0.25, 0.3) is 0 Å². The molecule has 2 aliphatic heterocycles. The van der Waals surface area contributed by atoms with E-state index in [1.54, 1.807) is 4.90 Å². The number of carbonyl (C=O) groups excluding carboxylic acids is 1. The van der Waals surface area contributed by atoms with E-state index in [9.17, 15) is 4.79 Å². The fourth-order valence-electron chi connectivity index (χ4n) is 5.45. The van der Waals surface area contributed by atoms with Gasteiger partial charge in [-0.1, -0.05) is 0 Å². The molecule has 5 heterocycles. The first-order valence-electron chi connectivity index (χ1n) is 13.4. The largest absolute Gasteiger partial charge is 0.444 e. The van der Waals surface area contributed by atoms with Crippen LogP contribution in [0.4, 0.5) is 16.2 Å². The zero-order valence-electron chi connectivity index (χ0n) is 23.7. The summed E-state index contributed by atoms with van der Waals surface area (Å²) >= 11 is 0. The Morgan fingerprint density at radius 2 is 1.71 bits per heavy atom. The highest BCUT2D eigenvalue weighted by atomic mass is 16.6. The molecule has 5 rings (SSSR count). The summed E-state index contributed by atoms with van der Waals surface area (Å²) in [6, 6.07) is 4.41. The molecular weight excluding hydrogens is 478 g/mol. The summed E-state index contributed by atoms with van der Waals surface area (Å²) in [5.41, 5.74) is 8.73. The Bertz CT molecular complexity index is 1390. The van der Waals surface area contributed by atoms with Gasteiger partial charge >= 0.3 is 6.09 Å². The molecule has 3 aromatic rings. The van der Waals surface area contributed by atoms with Crippen molar-refractivity contribution in [3.63, 3.8) is 0 Å². The van der Waals surface area contributed by atoms with Crippen LogP contribution in [0.25, 0.3) is 16.6 Å². The lowest BCUT2D eigenvalue weighted by Gasteiger charge is -2.37. The summed E-state index contributed by atoms with van der Waals surface area (Å²) in [6.07, 6.45) is 4.62. The molecule has 0 unspecified atom stereocenters. The normalized spacial score (nSPS) is 17.0. The second-order valence-corrected chi connectivity index (χ2v) is 11.5. The summed E-state index contributed by atoms with van der Waals surface area (Å²) in [4.78, 5) is 28.6. The van der Waals surface area contributed by atoms with Crippen LogP contribution in [0.1, 0.15) is 51.1 Å². The number of nitrogens with zero attached hydrogens (tertiary/aromatic N) is 7. The second-order valence-electron chi connectivity index (χ2n) is 11.5. The number of hydrogen-bond acceptors (Lipinski definition) is 7. The molecule has 202 valence electrons. The SMILES string of the molecule is CC1=C(c2ncc(N3CCN(C(=O)OC(C)(C)C)CC3)cc2C)CCN(c2cc(C)nc3c2cnn3C)C1. The Labute approximate surface area is 225 Å². The lowest BCUT2D eigenvalue weighted by molar-refractivity contribution is 0.0240. The van der Waals surface area contributed by atoms with Crippen LogP contribution in [0.3, 0.4) is 0 Å². The van der Waals surface area contributed by atoms with Gasteiger partial charge in [0.05, 0.1) is 34.8 Å². The van der Waals surface area contributed by atoms with Crippen molar-refractivity contribution in [2.75, 3.05) is 49.1 Å². The van der Waals surface area contributed by atoms with Crippen molar-refractivity contribution < 1.29 is 9.53 Å². The molecule has 0 spiro atoms. The van der Waals surface area contributed by atoms with E-state index in [0.717, 1.165) is 60.7 Å². The summed E-state index contributed by atoms with van der Waals surface area (Å²) in [7, 11) is 1.94. The fourth-order valence-corrected chi connectivity index (χ4v) is 5.45. The smallest absolute Gasteiger partial charge is 0.410 e. The predicted molar refractivity (Wildman–Crippen MR) is 152 cm³/mol. The quantitative estimate of drug-likeness (QED) is 0.497. The lowest BCUT2D eigenvalue weighted by Crippen LogP contribution is -2.50. The number of hydrogen-bond donors (Lipinski definition) is 0. The third kappa shape index (κ3) is 5.19. The molecular formula is C29H39N7O2. The molecule has 0 aromatic carbocycles. The van der Waals surface area contributed by atoms with Gasteiger partial charge in [-0.15, -0.1) is 0 Å². The third-order valence-electron chi connectivity index (χ3n) is 7.37. The molecule has 1 fully saturated rings. The summed E-state index contributed by atoms with van der Waals surface area (Å²) in [6.45, 7) is 16.7. The van der Waals surface area contributed by atoms with Crippen molar-refractivity contribution in [2.24, 2.45) is 7.05 Å². The van der Waals surface area contributed by atoms with Crippen molar-refractivity contribution in [3.8, 4) is 0 Å². The van der Waals surface area contributed by atoms with Gasteiger partial charge in [0.1, 0.15) is 5.60 Å². The molecule has 0 saturated carbocycles. The Morgan fingerprint density at radius 3 is 2.37 bits per heavy atom. The van der Waals surface area contributed by atoms with E-state index in [0.29, 0.717) is 13.1 Å². The molecule has 1 amide bonds. The number of fused-ring (bicyclic) bond motifs is 1. The molecule has 2 aliphatic rings. The van der Waals surface area contributed by atoms with Crippen LogP contribution in [0.5, 0.6) is 0 Å². The van der Waals surface area contributed by atoms with E-state index in [-0.39, 0.29) is 6.09 Å². The molecule has 38 heavy (non-hydrogen) atoms. The number of aryl methyl sites for hydroxylation is 3. The highest BCUT2D eigenvalue weighted by Crippen LogP contribution is 2.34. The predicted octanol–water partition coefficient (Wildman–Crippen LogP) is 4.72. The van der Waals surface area contributed by atoms with Crippen LogP contribution >= 0.6 is 0 Å². The van der Waals surface area contributed by atoms with Gasteiger partial charge in [-0.25, -0.2) is 9.78 Å². The first kappa shape index (κ1) is 26.0. The fraction of sp³-hybridized carbons (Fsp3) is 0.517. The Hall–Kier alpha value is -3.62. The first-order valence-corrected chi connectivity index (χ1v) is 13.4. The van der Waals surface area contributed by atoms with E-state index in [1.807, 2.05) is 51.8 Å². The number of pyridine rings is 2. The van der Waals surface area contributed by atoms with Gasteiger partial charge in [-0.3, -0.25) is 9.67 Å². The number of rotatable bonds is 3. The maximum Gasteiger partial charge on any atom is 0.410 e. The zero-order valence-corrected chi connectivity index (χ0v) is 23.7. The monoisotopic (exact) mass is 517 g/mol. The van der Waals surface area contributed by atoms with Crippen molar-refractivity contribution in [1.82, 2.24) is 24.6 Å². The molecule has 0 bridgehead atoms. The topological polar surface area (TPSA) is 79.6 Å². The average molecular weight is 518 g/mol. The average Bonchev–Trinajstić information content (AvgIpc) is 3.23. The zero-order chi connectivity index (χ0) is 27.2. The lowest BCUT2D eigenvalue weighted by atomic mass is 9.94. The second kappa shape index (κ2) is 9.93. The number of aromatic nitrogens is 4. The minimum absolute atomic E-state index is 0.234. The third-order valence-corrected chi connectivity index (χ3v) is 7.37. The number of anilines is 2. The van der Waals surface area contributed by atoms with Crippen LogP contribution in [0, 0.1) is 13.8 Å². The van der Waals surface area contributed by atoms with Crippen molar-refractivity contribution in [1.29, 1.82) is 0 Å². The minimum atomic E-state index is -0.476. The van der Waals surface area contributed by atoms with Gasteiger partial charge in [0.15, 0.2) is 5.65 Å². The maximum absolute atomic E-state index is 12.4. The van der Waals surface area contributed by atoms with E-state index < -0.39 is 5.60 Å². The highest BCUT2D eigenvalue weighted by Gasteiger charge is 2.27. The number of carbonyl (C=O) groups is 1. The van der Waals surface area contributed by atoms with E-state index in [4.69, 9.17) is 9.72 Å². The molecule has 0 radical (unpaired) electrons. The van der Waals surface area contributed by atoms with Gasteiger partial charge in [-0.2, -0.15) is 5.10 Å². The number of piperazine rings is 1. The molecule has 9 heteroatoms. The van der Waals surface area contributed by atoms with Crippen LogP contribution in [-0.2, 0) is 11.8 Å². The summed E-state index contributed by atoms with van der Waals surface area (Å²) < 4.78 is 7.38. The van der Waals surface area contributed by atoms with Crippen LogP contribution in [-0.4, -0.2) is 75.6 Å². The first-order chi connectivity index (χ1) is 18.0. The minimum Gasteiger partial charge on any atom is -0.444 e. The van der Waals surface area contributed by atoms with Gasteiger partial charge < -0.3 is 19.4 Å². The highest BCUT2D eigenvalue weighted by molar-refractivity contribution is 5.90. The molecule has 0 aliphatic carbocycles. The summed E-state index contributed by atoms with van der Waals surface area (Å²) in [5, 5.41) is 5.53. The van der Waals surface area contributed by atoms with Crippen molar-refractivity contribution >= 4 is 34.1 Å². The number of amides is 1. The molecule has 0 N–H and O–H groups in total. The summed E-state index contributed by atoms with van der Waals surface area (Å²) in [5.74, 6) is 0. The Balaban J connectivity index is 1.29. The van der Waals surface area contributed by atoms with Crippen LogP contribution in [0.2, 0.25) is 0 Å². The van der Waals surface area contributed by atoms with Crippen LogP contribution < -0.4 is 9.80 Å². The van der Waals surface area contributed by atoms with Gasteiger partial charge in [-0.05, 0) is 76.8 Å². The van der Waals surface area contributed by atoms with E-state index in [1.165, 1.54) is 22.4 Å². The van der Waals surface area contributed by atoms with Crippen molar-refractivity contribution in [2.45, 2.75) is 53.6 Å². The van der Waals surface area contributed by atoms with Gasteiger partial charge in [0.2, 0.25) is 0 Å². The maximum atomic E-state index is 12.4. The standard InChI is InChI=1S/C29H39N7O2/c1-19-14-22(34-10-12-35(13-11-34)28(37)38-29(4,5)6)16-30-26(19)23-8-9-36(18-20(23)2)25-15-21(3)32-27-24(25)17-31-33(27)7/h14-17H,8-13,18H2,1-7H3. The van der Waals surface area contributed by atoms with E-state index >= 15 is 0 Å². The number of ether oxygens (including phenoxy) is 1. The Kier molecular flexibility index (Phi) is 6.79. The van der Waals surface area contributed by atoms with Gasteiger partial charge in [0, 0.05) is 52.0 Å². The molecule has 0 atom stereocenters. The van der Waals surface area contributed by atoms with E-state index in [2.05, 4.69) is 45.9 Å². The van der Waals surface area contributed by atoms with Crippen LogP contribution in [0.15, 0.2) is 30.1 Å². The van der Waals surface area contributed by atoms with Crippen molar-refractivity contribution in [3.05, 3.63) is 47.1 Å². The molecule has 3 aromatic heterocycles. The molecule has 1 saturated heterocycles. The molecule has 9 nitrogen and oxygen atoms in total. The Morgan fingerprint density at radius 1 is 0.974 bits per heavy atom.